The van der Waals surface area contributed by atoms with Crippen LogP contribution in [-0.4, -0.2) is 37.2 Å². The van der Waals surface area contributed by atoms with Crippen molar-refractivity contribution in [3.63, 3.8) is 0 Å². The lowest BCUT2D eigenvalue weighted by molar-refractivity contribution is -0.167. The molecule has 464 valence electrons. The molecule has 0 radical (unpaired) electrons. The van der Waals surface area contributed by atoms with Gasteiger partial charge in [-0.15, -0.1) is 0 Å². The van der Waals surface area contributed by atoms with Gasteiger partial charge in [0.15, 0.2) is 6.10 Å². The van der Waals surface area contributed by atoms with Gasteiger partial charge >= 0.3 is 17.9 Å². The van der Waals surface area contributed by atoms with E-state index in [9.17, 15) is 14.4 Å². The normalized spacial score (nSPS) is 12.8. The molecule has 1 unspecified atom stereocenters. The van der Waals surface area contributed by atoms with E-state index in [-0.39, 0.29) is 31.1 Å². The molecular formula is C75H128O6. The summed E-state index contributed by atoms with van der Waals surface area (Å²) in [5.41, 5.74) is 0. The highest BCUT2D eigenvalue weighted by molar-refractivity contribution is 5.71. The summed E-state index contributed by atoms with van der Waals surface area (Å²) in [6.45, 7) is 6.51. The molecule has 0 spiro atoms. The number of esters is 3. The number of hydrogen-bond acceptors (Lipinski definition) is 6. The molecule has 0 rings (SSSR count). The van der Waals surface area contributed by atoms with E-state index in [1.54, 1.807) is 0 Å². The largest absolute Gasteiger partial charge is 0.462 e. The van der Waals surface area contributed by atoms with Crippen molar-refractivity contribution in [2.45, 2.75) is 335 Å². The molecule has 0 N–H and O–H groups in total. The Hall–Kier alpha value is -3.93. The van der Waals surface area contributed by atoms with Gasteiger partial charge in [0.1, 0.15) is 13.2 Å². The van der Waals surface area contributed by atoms with E-state index < -0.39 is 6.10 Å². The van der Waals surface area contributed by atoms with E-state index >= 15 is 0 Å². The second kappa shape index (κ2) is 68.6. The Labute approximate surface area is 501 Å². The van der Waals surface area contributed by atoms with Gasteiger partial charge in [-0.1, -0.05) is 291 Å². The second-order valence-corrected chi connectivity index (χ2v) is 22.7. The fraction of sp³-hybridized carbons (Fsp3) is 0.720. The Morgan fingerprint density at radius 3 is 0.790 bits per heavy atom. The molecule has 0 saturated heterocycles. The van der Waals surface area contributed by atoms with Crippen LogP contribution in [-0.2, 0) is 28.6 Å². The van der Waals surface area contributed by atoms with Crippen molar-refractivity contribution in [1.82, 2.24) is 0 Å². The fourth-order valence-corrected chi connectivity index (χ4v) is 9.59. The summed E-state index contributed by atoms with van der Waals surface area (Å²) < 4.78 is 16.9. The molecule has 0 aromatic carbocycles. The van der Waals surface area contributed by atoms with Crippen LogP contribution in [0.2, 0.25) is 0 Å². The van der Waals surface area contributed by atoms with Crippen molar-refractivity contribution in [3.8, 4) is 0 Å². The molecule has 0 amide bonds. The highest BCUT2D eigenvalue weighted by atomic mass is 16.6. The van der Waals surface area contributed by atoms with Crippen LogP contribution in [0.3, 0.4) is 0 Å². The third-order valence-electron chi connectivity index (χ3n) is 14.7. The molecule has 0 aromatic heterocycles. The van der Waals surface area contributed by atoms with Crippen molar-refractivity contribution < 1.29 is 28.6 Å². The minimum absolute atomic E-state index is 0.0824. The zero-order valence-corrected chi connectivity index (χ0v) is 53.3. The smallest absolute Gasteiger partial charge is 0.306 e. The summed E-state index contributed by atoms with van der Waals surface area (Å²) >= 11 is 0. The number of unbranched alkanes of at least 4 members (excludes halogenated alkanes) is 33. The molecular weight excluding hydrogens is 997 g/mol. The predicted octanol–water partition coefficient (Wildman–Crippen LogP) is 23.8. The van der Waals surface area contributed by atoms with Crippen molar-refractivity contribution in [3.05, 3.63) is 109 Å². The van der Waals surface area contributed by atoms with Gasteiger partial charge in [0, 0.05) is 19.3 Å². The van der Waals surface area contributed by atoms with E-state index in [1.807, 2.05) is 0 Å². The van der Waals surface area contributed by atoms with Crippen molar-refractivity contribution >= 4 is 17.9 Å². The minimum atomic E-state index is -0.786. The number of hydrogen-bond donors (Lipinski definition) is 0. The zero-order chi connectivity index (χ0) is 58.5. The average molecular weight is 1130 g/mol. The molecule has 0 aliphatic heterocycles. The highest BCUT2D eigenvalue weighted by Gasteiger charge is 2.19. The van der Waals surface area contributed by atoms with Gasteiger partial charge in [-0.2, -0.15) is 0 Å². The summed E-state index contributed by atoms with van der Waals surface area (Å²) in [6.07, 6.45) is 93.9. The molecule has 6 nitrogen and oxygen atoms in total. The van der Waals surface area contributed by atoms with E-state index in [0.717, 1.165) is 109 Å². The van der Waals surface area contributed by atoms with Gasteiger partial charge in [-0.25, -0.2) is 0 Å². The monoisotopic (exact) mass is 1120 g/mol. The molecule has 0 heterocycles. The van der Waals surface area contributed by atoms with Gasteiger partial charge in [-0.05, 0) is 128 Å². The first-order valence-corrected chi connectivity index (χ1v) is 34.4. The Bertz CT molecular complexity index is 1620. The second-order valence-electron chi connectivity index (χ2n) is 22.7. The number of rotatable bonds is 62. The first-order valence-electron chi connectivity index (χ1n) is 34.4. The fourth-order valence-electron chi connectivity index (χ4n) is 9.59. The SMILES string of the molecule is CC/C=C\C/C=C\C/C=C\C/C=C\C/C=C\C/C=C\C/C=C\CCCCCCCCCCCCCC(=O)OCC(COC(=O)CCCCCCC/C=C\CCCCC)OC(=O)CCCCCCCCC/C=C\CCCCCCCCC. The molecule has 0 aliphatic carbocycles. The summed E-state index contributed by atoms with van der Waals surface area (Å²) in [6, 6.07) is 0. The zero-order valence-electron chi connectivity index (χ0n) is 53.3. The van der Waals surface area contributed by atoms with E-state index in [1.165, 1.54) is 180 Å². The summed E-state index contributed by atoms with van der Waals surface area (Å²) in [4.78, 5) is 38.3. The molecule has 0 bridgehead atoms. The Morgan fingerprint density at radius 1 is 0.259 bits per heavy atom. The lowest BCUT2D eigenvalue weighted by atomic mass is 10.0. The lowest BCUT2D eigenvalue weighted by Crippen LogP contribution is -2.30. The summed E-state index contributed by atoms with van der Waals surface area (Å²) in [5.74, 6) is -0.888. The molecule has 81 heavy (non-hydrogen) atoms. The van der Waals surface area contributed by atoms with Gasteiger partial charge in [0.25, 0.3) is 0 Å². The standard InChI is InChI=1S/C75H128O6/c1-4-7-10-13-16-19-22-25-27-29-31-32-33-34-35-36-37-38-39-40-41-42-43-44-45-47-48-50-53-56-59-62-65-68-74(77)80-71-72(70-79-73(76)67-64-61-58-55-52-24-21-18-15-12-9-6-3)81-75(78)69-66-63-60-57-54-51-49-46-30-28-26-23-20-17-14-11-8-5-2/h7,10,16,18-19,21,25,27-28,30-32,34-35,37-38,40-41,72H,4-6,8-9,11-15,17,20,22-24,26,29,33,36,39,42-71H2,1-3H3/b10-7-,19-16-,21-18-,27-25-,30-28-,32-31-,35-34-,38-37-,41-40-. The first kappa shape index (κ1) is 77.1. The summed E-state index contributed by atoms with van der Waals surface area (Å²) in [7, 11) is 0. The lowest BCUT2D eigenvalue weighted by Gasteiger charge is -2.18. The van der Waals surface area contributed by atoms with Crippen molar-refractivity contribution in [2.75, 3.05) is 13.2 Å². The van der Waals surface area contributed by atoms with Crippen LogP contribution in [0.4, 0.5) is 0 Å². The predicted molar refractivity (Wildman–Crippen MR) is 353 cm³/mol. The van der Waals surface area contributed by atoms with E-state index in [2.05, 4.69) is 130 Å². The maximum atomic E-state index is 12.9. The number of allylic oxidation sites excluding steroid dienone is 18. The first-order chi connectivity index (χ1) is 40.0. The van der Waals surface area contributed by atoms with Gasteiger partial charge in [0.2, 0.25) is 0 Å². The van der Waals surface area contributed by atoms with Crippen LogP contribution >= 0.6 is 0 Å². The van der Waals surface area contributed by atoms with E-state index in [4.69, 9.17) is 14.2 Å². The highest BCUT2D eigenvalue weighted by Crippen LogP contribution is 2.16. The quantitative estimate of drug-likeness (QED) is 0.0261. The molecule has 1 atom stereocenters. The van der Waals surface area contributed by atoms with Crippen LogP contribution in [0.15, 0.2) is 109 Å². The Balaban J connectivity index is 4.23. The molecule has 0 fully saturated rings. The molecule has 6 heteroatoms. The maximum absolute atomic E-state index is 12.9. The number of carbonyl (C=O) groups excluding carboxylic acids is 3. The average Bonchev–Trinajstić information content (AvgIpc) is 3.47. The van der Waals surface area contributed by atoms with Crippen LogP contribution in [0.5, 0.6) is 0 Å². The molecule has 0 aliphatic rings. The van der Waals surface area contributed by atoms with Crippen LogP contribution in [0.1, 0.15) is 329 Å². The summed E-state index contributed by atoms with van der Waals surface area (Å²) in [5, 5.41) is 0. The van der Waals surface area contributed by atoms with Crippen molar-refractivity contribution in [2.24, 2.45) is 0 Å². The number of carbonyl (C=O) groups is 3. The minimum Gasteiger partial charge on any atom is -0.462 e. The number of ether oxygens (including phenoxy) is 3. The van der Waals surface area contributed by atoms with E-state index in [0.29, 0.717) is 19.3 Å². The van der Waals surface area contributed by atoms with Gasteiger partial charge < -0.3 is 14.2 Å². The Morgan fingerprint density at radius 2 is 0.481 bits per heavy atom. The van der Waals surface area contributed by atoms with Crippen LogP contribution in [0.25, 0.3) is 0 Å². The van der Waals surface area contributed by atoms with Gasteiger partial charge in [0.05, 0.1) is 0 Å². The third-order valence-corrected chi connectivity index (χ3v) is 14.7. The van der Waals surface area contributed by atoms with Crippen LogP contribution < -0.4 is 0 Å². The Kier molecular flexibility index (Phi) is 65.2. The maximum Gasteiger partial charge on any atom is 0.306 e. The van der Waals surface area contributed by atoms with Gasteiger partial charge in [-0.3, -0.25) is 14.4 Å². The van der Waals surface area contributed by atoms with Crippen LogP contribution in [0, 0.1) is 0 Å². The molecule has 0 aromatic rings. The topological polar surface area (TPSA) is 78.9 Å². The van der Waals surface area contributed by atoms with Crippen molar-refractivity contribution in [1.29, 1.82) is 0 Å². The third kappa shape index (κ3) is 66.8. The molecule has 0 saturated carbocycles.